The van der Waals surface area contributed by atoms with Gasteiger partial charge in [0.15, 0.2) is 11.6 Å². The van der Waals surface area contributed by atoms with Crippen molar-refractivity contribution in [2.75, 3.05) is 6.54 Å². The first-order valence-electron chi connectivity index (χ1n) is 6.40. The zero-order valence-electron chi connectivity index (χ0n) is 10.5. The highest BCUT2D eigenvalue weighted by Gasteiger charge is 2.20. The second-order valence-corrected chi connectivity index (χ2v) is 4.64. The molecule has 0 saturated heterocycles. The number of halogens is 1. The van der Waals surface area contributed by atoms with Gasteiger partial charge in [-0.15, -0.1) is 0 Å². The Morgan fingerprint density at radius 3 is 2.76 bits per heavy atom. The van der Waals surface area contributed by atoms with E-state index in [1.807, 2.05) is 19.9 Å². The van der Waals surface area contributed by atoms with Crippen molar-refractivity contribution in [3.63, 3.8) is 0 Å². The van der Waals surface area contributed by atoms with Crippen LogP contribution in [0.2, 0.25) is 0 Å². The summed E-state index contributed by atoms with van der Waals surface area (Å²) >= 11 is 0. The summed E-state index contributed by atoms with van der Waals surface area (Å²) in [6.07, 6.45) is 3.52. The smallest absolute Gasteiger partial charge is 0.165 e. The quantitative estimate of drug-likeness (QED) is 0.847. The first kappa shape index (κ1) is 12.4. The van der Waals surface area contributed by atoms with E-state index in [2.05, 4.69) is 5.32 Å². The fourth-order valence-corrected chi connectivity index (χ4v) is 1.97. The minimum atomic E-state index is -0.251. The molecular weight excluding hydrogens is 217 g/mol. The molecule has 2 rings (SSSR count). The molecule has 0 amide bonds. The first-order valence-corrected chi connectivity index (χ1v) is 6.40. The lowest BCUT2D eigenvalue weighted by atomic mass is 9.96. The van der Waals surface area contributed by atoms with Crippen LogP contribution in [-0.4, -0.2) is 12.6 Å². The van der Waals surface area contributed by atoms with E-state index in [1.165, 1.54) is 6.42 Å². The number of nitrogens with one attached hydrogen (secondary N) is 1. The molecular formula is C14H20FNO. The van der Waals surface area contributed by atoms with E-state index in [0.717, 1.165) is 24.9 Å². The molecule has 0 aliphatic heterocycles. The largest absolute Gasteiger partial charge is 0.487 e. The van der Waals surface area contributed by atoms with Crippen LogP contribution < -0.4 is 10.1 Å². The number of hydrogen-bond acceptors (Lipinski definition) is 2. The van der Waals surface area contributed by atoms with Gasteiger partial charge in [0.25, 0.3) is 0 Å². The van der Waals surface area contributed by atoms with E-state index in [9.17, 15) is 4.39 Å². The van der Waals surface area contributed by atoms with Crippen LogP contribution in [0.3, 0.4) is 0 Å². The molecule has 1 saturated carbocycles. The van der Waals surface area contributed by atoms with Crippen molar-refractivity contribution in [1.29, 1.82) is 0 Å². The number of rotatable bonds is 5. The van der Waals surface area contributed by atoms with Gasteiger partial charge >= 0.3 is 0 Å². The second kappa shape index (κ2) is 5.50. The fraction of sp³-hybridized carbons (Fsp3) is 0.571. The van der Waals surface area contributed by atoms with Gasteiger partial charge in [-0.25, -0.2) is 4.39 Å². The molecule has 3 heteroatoms. The van der Waals surface area contributed by atoms with Crippen LogP contribution in [-0.2, 0) is 0 Å². The zero-order valence-corrected chi connectivity index (χ0v) is 10.5. The van der Waals surface area contributed by atoms with Gasteiger partial charge in [0.1, 0.15) is 0 Å². The third-order valence-electron chi connectivity index (χ3n) is 3.31. The Labute approximate surface area is 102 Å². The van der Waals surface area contributed by atoms with Gasteiger partial charge < -0.3 is 10.1 Å². The van der Waals surface area contributed by atoms with Crippen molar-refractivity contribution in [3.8, 4) is 5.75 Å². The Bertz CT molecular complexity index is 376. The predicted octanol–water partition coefficient (Wildman–Crippen LogP) is 3.43. The molecule has 1 aliphatic carbocycles. The number of ether oxygens (including phenoxy) is 1. The molecule has 0 heterocycles. The lowest BCUT2D eigenvalue weighted by Gasteiger charge is -2.26. The summed E-state index contributed by atoms with van der Waals surface area (Å²) in [4.78, 5) is 0. The van der Waals surface area contributed by atoms with E-state index in [-0.39, 0.29) is 18.0 Å². The van der Waals surface area contributed by atoms with Gasteiger partial charge in [0, 0.05) is 6.04 Å². The molecule has 1 unspecified atom stereocenters. The van der Waals surface area contributed by atoms with Gasteiger partial charge in [-0.3, -0.25) is 0 Å². The Hall–Kier alpha value is -1.09. The normalized spacial score (nSPS) is 17.6. The summed E-state index contributed by atoms with van der Waals surface area (Å²) < 4.78 is 19.4. The maximum atomic E-state index is 13.8. The molecule has 1 aromatic carbocycles. The Morgan fingerprint density at radius 2 is 2.24 bits per heavy atom. The molecule has 1 fully saturated rings. The van der Waals surface area contributed by atoms with Crippen molar-refractivity contribution in [1.82, 2.24) is 5.32 Å². The second-order valence-electron chi connectivity index (χ2n) is 4.64. The van der Waals surface area contributed by atoms with Gasteiger partial charge in [0.05, 0.1) is 6.10 Å². The lowest BCUT2D eigenvalue weighted by Crippen LogP contribution is -2.25. The summed E-state index contributed by atoms with van der Waals surface area (Å²) in [6.45, 7) is 4.95. The Kier molecular flexibility index (Phi) is 4.00. The van der Waals surface area contributed by atoms with E-state index in [0.29, 0.717) is 5.75 Å². The minimum absolute atomic E-state index is 0.173. The molecule has 94 valence electrons. The van der Waals surface area contributed by atoms with Crippen molar-refractivity contribution in [2.45, 2.75) is 45.3 Å². The SMILES string of the molecule is CCNC(C)c1ccc(OC2CCC2)c(F)c1. The average Bonchev–Trinajstić information content (AvgIpc) is 2.25. The summed E-state index contributed by atoms with van der Waals surface area (Å²) in [5, 5.41) is 3.26. The van der Waals surface area contributed by atoms with E-state index in [1.54, 1.807) is 12.1 Å². The van der Waals surface area contributed by atoms with Crippen LogP contribution in [0.4, 0.5) is 4.39 Å². The maximum absolute atomic E-state index is 13.8. The third kappa shape index (κ3) is 2.97. The average molecular weight is 237 g/mol. The monoisotopic (exact) mass is 237 g/mol. The topological polar surface area (TPSA) is 21.3 Å². The van der Waals surface area contributed by atoms with Crippen LogP contribution in [0, 0.1) is 5.82 Å². The van der Waals surface area contributed by atoms with Crippen molar-refractivity contribution < 1.29 is 9.13 Å². The van der Waals surface area contributed by atoms with Crippen LogP contribution in [0.5, 0.6) is 5.75 Å². The summed E-state index contributed by atoms with van der Waals surface area (Å²) in [5.74, 6) is 0.140. The van der Waals surface area contributed by atoms with Crippen LogP contribution in [0.15, 0.2) is 18.2 Å². The molecule has 1 atom stereocenters. The van der Waals surface area contributed by atoms with Crippen molar-refractivity contribution >= 4 is 0 Å². The number of hydrogen-bond donors (Lipinski definition) is 1. The predicted molar refractivity (Wildman–Crippen MR) is 66.8 cm³/mol. The van der Waals surface area contributed by atoms with Crippen molar-refractivity contribution in [3.05, 3.63) is 29.6 Å². The first-order chi connectivity index (χ1) is 8.20. The zero-order chi connectivity index (χ0) is 12.3. The molecule has 0 radical (unpaired) electrons. The highest BCUT2D eigenvalue weighted by Crippen LogP contribution is 2.28. The molecule has 0 spiro atoms. The Morgan fingerprint density at radius 1 is 1.47 bits per heavy atom. The van der Waals surface area contributed by atoms with Crippen LogP contribution in [0.1, 0.15) is 44.7 Å². The molecule has 0 bridgehead atoms. The van der Waals surface area contributed by atoms with Gasteiger partial charge in [-0.05, 0) is 50.4 Å². The molecule has 1 N–H and O–H groups in total. The summed E-state index contributed by atoms with van der Waals surface area (Å²) in [5.41, 5.74) is 0.963. The lowest BCUT2D eigenvalue weighted by molar-refractivity contribution is 0.115. The number of benzene rings is 1. The van der Waals surface area contributed by atoms with Gasteiger partial charge in [-0.2, -0.15) is 0 Å². The van der Waals surface area contributed by atoms with Crippen LogP contribution >= 0.6 is 0 Å². The third-order valence-corrected chi connectivity index (χ3v) is 3.31. The van der Waals surface area contributed by atoms with Crippen LogP contribution in [0.25, 0.3) is 0 Å². The van der Waals surface area contributed by atoms with E-state index >= 15 is 0 Å². The molecule has 0 aromatic heterocycles. The highest BCUT2D eigenvalue weighted by molar-refractivity contribution is 5.31. The maximum Gasteiger partial charge on any atom is 0.165 e. The minimum Gasteiger partial charge on any atom is -0.487 e. The molecule has 1 aromatic rings. The highest BCUT2D eigenvalue weighted by atomic mass is 19.1. The van der Waals surface area contributed by atoms with Crippen molar-refractivity contribution in [2.24, 2.45) is 0 Å². The van der Waals surface area contributed by atoms with Gasteiger partial charge in [-0.1, -0.05) is 13.0 Å². The standard InChI is InChI=1S/C14H20FNO/c1-3-16-10(2)11-7-8-14(13(15)9-11)17-12-5-4-6-12/h7-10,12,16H,3-6H2,1-2H3. The summed E-state index contributed by atoms with van der Waals surface area (Å²) in [6, 6.07) is 5.43. The van der Waals surface area contributed by atoms with Gasteiger partial charge in [0.2, 0.25) is 0 Å². The Balaban J connectivity index is 2.04. The molecule has 1 aliphatic rings. The molecule has 2 nitrogen and oxygen atoms in total. The summed E-state index contributed by atoms with van der Waals surface area (Å²) in [7, 11) is 0. The molecule has 17 heavy (non-hydrogen) atoms. The fourth-order valence-electron chi connectivity index (χ4n) is 1.97. The van der Waals surface area contributed by atoms with E-state index < -0.39 is 0 Å². The van der Waals surface area contributed by atoms with E-state index in [4.69, 9.17) is 4.74 Å².